The Balaban J connectivity index is 1.87. The van der Waals surface area contributed by atoms with E-state index in [0.717, 1.165) is 27.2 Å². The fourth-order valence-corrected chi connectivity index (χ4v) is 3.92. The molecule has 8 heteroatoms. The van der Waals surface area contributed by atoms with Gasteiger partial charge in [-0.25, -0.2) is 9.67 Å². The molecule has 0 amide bonds. The number of aryl methyl sites for hydroxylation is 1. The lowest BCUT2D eigenvalue weighted by molar-refractivity contribution is 0.418. The topological polar surface area (TPSA) is 81.7 Å². The zero-order valence-corrected chi connectivity index (χ0v) is 17.5. The van der Waals surface area contributed by atoms with E-state index in [1.54, 1.807) is 11.3 Å². The molecule has 0 aliphatic carbocycles. The van der Waals surface area contributed by atoms with E-state index in [-0.39, 0.29) is 12.1 Å². The highest BCUT2D eigenvalue weighted by Gasteiger charge is 2.20. The molecule has 1 N–H and O–H groups in total. The number of thiophene rings is 1. The SMILES string of the molecule is CNC(C)Cc1noc(-c2cc(-c3ccc(C)s3)nc3c2cnn3C(C)C)n1. The summed E-state index contributed by atoms with van der Waals surface area (Å²) in [4.78, 5) is 11.9. The molecule has 1 atom stereocenters. The van der Waals surface area contributed by atoms with E-state index in [1.165, 1.54) is 4.88 Å². The minimum atomic E-state index is 0.202. The van der Waals surface area contributed by atoms with E-state index in [9.17, 15) is 0 Å². The van der Waals surface area contributed by atoms with Crippen LogP contribution in [0.3, 0.4) is 0 Å². The molecule has 0 spiro atoms. The Morgan fingerprint density at radius 2 is 2.04 bits per heavy atom. The third-order valence-corrected chi connectivity index (χ3v) is 5.75. The lowest BCUT2D eigenvalue weighted by Crippen LogP contribution is -2.24. The first-order valence-corrected chi connectivity index (χ1v) is 10.2. The molecule has 0 aromatic carbocycles. The van der Waals surface area contributed by atoms with Crippen molar-refractivity contribution in [1.29, 1.82) is 0 Å². The minimum absolute atomic E-state index is 0.202. The van der Waals surface area contributed by atoms with E-state index < -0.39 is 0 Å². The van der Waals surface area contributed by atoms with Gasteiger partial charge in [-0.3, -0.25) is 0 Å². The van der Waals surface area contributed by atoms with Gasteiger partial charge in [0.05, 0.1) is 27.7 Å². The van der Waals surface area contributed by atoms with Crippen LogP contribution < -0.4 is 5.32 Å². The Bertz CT molecular complexity index is 1110. The number of nitrogens with zero attached hydrogens (tertiary/aromatic N) is 5. The van der Waals surface area contributed by atoms with Crippen LogP contribution in [0.2, 0.25) is 0 Å². The number of rotatable bonds is 6. The molecule has 0 aliphatic heterocycles. The maximum absolute atomic E-state index is 5.62. The Morgan fingerprint density at radius 3 is 2.71 bits per heavy atom. The molecular formula is C20H24N6OS. The first-order chi connectivity index (χ1) is 13.5. The van der Waals surface area contributed by atoms with Crippen LogP contribution >= 0.6 is 11.3 Å². The molecule has 1 unspecified atom stereocenters. The molecule has 4 heterocycles. The average molecular weight is 397 g/mol. The molecule has 4 aromatic heterocycles. The maximum Gasteiger partial charge on any atom is 0.258 e. The average Bonchev–Trinajstić information content (AvgIpc) is 3.39. The second-order valence-corrected chi connectivity index (χ2v) is 8.58. The second kappa shape index (κ2) is 7.44. The van der Waals surface area contributed by atoms with Crippen molar-refractivity contribution in [2.45, 2.75) is 46.2 Å². The number of hydrogen-bond acceptors (Lipinski definition) is 7. The lowest BCUT2D eigenvalue weighted by atomic mass is 10.1. The first-order valence-electron chi connectivity index (χ1n) is 9.41. The summed E-state index contributed by atoms with van der Waals surface area (Å²) in [6.45, 7) is 8.38. The number of hydrogen-bond donors (Lipinski definition) is 1. The summed E-state index contributed by atoms with van der Waals surface area (Å²) in [7, 11) is 1.92. The van der Waals surface area contributed by atoms with Gasteiger partial charge >= 0.3 is 0 Å². The first kappa shape index (κ1) is 18.8. The van der Waals surface area contributed by atoms with Crippen molar-refractivity contribution < 1.29 is 4.52 Å². The summed E-state index contributed by atoms with van der Waals surface area (Å²) in [5.74, 6) is 1.19. The van der Waals surface area contributed by atoms with Crippen LogP contribution in [0.4, 0.5) is 0 Å². The van der Waals surface area contributed by atoms with Crippen molar-refractivity contribution in [3.05, 3.63) is 35.1 Å². The fraction of sp³-hybridized carbons (Fsp3) is 0.400. The van der Waals surface area contributed by atoms with E-state index in [4.69, 9.17) is 9.51 Å². The van der Waals surface area contributed by atoms with Gasteiger partial charge in [0.25, 0.3) is 5.89 Å². The third-order valence-electron chi connectivity index (χ3n) is 4.73. The largest absolute Gasteiger partial charge is 0.334 e. The number of likely N-dealkylation sites (N-methyl/N-ethyl adjacent to an activating group) is 1. The molecule has 0 aliphatic rings. The van der Waals surface area contributed by atoms with E-state index in [2.05, 4.69) is 60.4 Å². The monoisotopic (exact) mass is 396 g/mol. The molecule has 4 rings (SSSR count). The van der Waals surface area contributed by atoms with Crippen molar-refractivity contribution in [3.8, 4) is 22.0 Å². The van der Waals surface area contributed by atoms with Crippen LogP contribution in [0.15, 0.2) is 28.9 Å². The van der Waals surface area contributed by atoms with Crippen LogP contribution in [-0.4, -0.2) is 38.0 Å². The van der Waals surface area contributed by atoms with Crippen molar-refractivity contribution in [2.24, 2.45) is 0 Å². The highest BCUT2D eigenvalue weighted by atomic mass is 32.1. The molecule has 0 bridgehead atoms. The lowest BCUT2D eigenvalue weighted by Gasteiger charge is -2.08. The highest BCUT2D eigenvalue weighted by molar-refractivity contribution is 7.15. The molecule has 0 saturated heterocycles. The van der Waals surface area contributed by atoms with Crippen LogP contribution in [0.25, 0.3) is 33.1 Å². The summed E-state index contributed by atoms with van der Waals surface area (Å²) in [5, 5.41) is 12.8. The second-order valence-electron chi connectivity index (χ2n) is 7.30. The molecular weight excluding hydrogens is 372 g/mol. The van der Waals surface area contributed by atoms with Gasteiger partial charge in [0, 0.05) is 23.4 Å². The zero-order valence-electron chi connectivity index (χ0n) is 16.7. The number of aromatic nitrogens is 5. The molecule has 0 saturated carbocycles. The van der Waals surface area contributed by atoms with Crippen LogP contribution in [-0.2, 0) is 6.42 Å². The van der Waals surface area contributed by atoms with Crippen LogP contribution in [0.5, 0.6) is 0 Å². The molecule has 146 valence electrons. The van der Waals surface area contributed by atoms with Gasteiger partial charge in [0.2, 0.25) is 0 Å². The summed E-state index contributed by atoms with van der Waals surface area (Å²) in [5.41, 5.74) is 2.59. The number of nitrogens with one attached hydrogen (secondary N) is 1. The molecule has 7 nitrogen and oxygen atoms in total. The summed E-state index contributed by atoms with van der Waals surface area (Å²) in [6.07, 6.45) is 2.54. The van der Waals surface area contributed by atoms with Crippen LogP contribution in [0, 0.1) is 6.92 Å². The molecule has 4 aromatic rings. The standard InChI is InChI=1S/C20H24N6OS/c1-11(2)26-19-15(10-22-26)14(9-16(23-19)17-7-6-13(4)28-17)20-24-18(25-27-20)8-12(3)21-5/h6-7,9-12,21H,8H2,1-5H3. The van der Waals surface area contributed by atoms with Crippen molar-refractivity contribution in [1.82, 2.24) is 30.2 Å². The Labute approximate surface area is 167 Å². The molecule has 0 radical (unpaired) electrons. The van der Waals surface area contributed by atoms with Gasteiger partial charge in [0.15, 0.2) is 11.5 Å². The Hall–Kier alpha value is -2.58. The Morgan fingerprint density at radius 1 is 1.21 bits per heavy atom. The fourth-order valence-electron chi connectivity index (χ4n) is 3.09. The predicted molar refractivity (Wildman–Crippen MR) is 111 cm³/mol. The van der Waals surface area contributed by atoms with Gasteiger partial charge in [-0.05, 0) is 52.9 Å². The van der Waals surface area contributed by atoms with Gasteiger partial charge in [0.1, 0.15) is 0 Å². The maximum atomic E-state index is 5.62. The Kier molecular flexibility index (Phi) is 4.99. The normalized spacial score (nSPS) is 12.9. The van der Waals surface area contributed by atoms with Gasteiger partial charge < -0.3 is 9.84 Å². The number of pyridine rings is 1. The smallest absolute Gasteiger partial charge is 0.258 e. The summed E-state index contributed by atoms with van der Waals surface area (Å²) < 4.78 is 7.55. The third kappa shape index (κ3) is 3.45. The van der Waals surface area contributed by atoms with E-state index in [0.29, 0.717) is 18.1 Å². The zero-order chi connectivity index (χ0) is 19.8. The predicted octanol–water partition coefficient (Wildman–Crippen LogP) is 4.25. The quantitative estimate of drug-likeness (QED) is 0.525. The van der Waals surface area contributed by atoms with Crippen molar-refractivity contribution >= 4 is 22.4 Å². The summed E-state index contributed by atoms with van der Waals surface area (Å²) >= 11 is 1.72. The summed E-state index contributed by atoms with van der Waals surface area (Å²) in [6, 6.07) is 6.71. The minimum Gasteiger partial charge on any atom is -0.334 e. The van der Waals surface area contributed by atoms with Gasteiger partial charge in [-0.1, -0.05) is 5.16 Å². The molecule has 0 fully saturated rings. The highest BCUT2D eigenvalue weighted by Crippen LogP contribution is 2.34. The van der Waals surface area contributed by atoms with Gasteiger partial charge in [-0.15, -0.1) is 11.3 Å². The van der Waals surface area contributed by atoms with E-state index in [1.807, 2.05) is 24.0 Å². The number of fused-ring (bicyclic) bond motifs is 1. The van der Waals surface area contributed by atoms with Gasteiger partial charge in [-0.2, -0.15) is 10.1 Å². The van der Waals surface area contributed by atoms with E-state index >= 15 is 0 Å². The van der Waals surface area contributed by atoms with Crippen LogP contribution in [0.1, 0.15) is 37.5 Å². The molecule has 28 heavy (non-hydrogen) atoms. The van der Waals surface area contributed by atoms with Crippen molar-refractivity contribution in [3.63, 3.8) is 0 Å². The van der Waals surface area contributed by atoms with Crippen molar-refractivity contribution in [2.75, 3.05) is 7.05 Å².